The van der Waals surface area contributed by atoms with E-state index in [4.69, 9.17) is 10.5 Å². The molecule has 0 aromatic rings. The maximum Gasteiger partial charge on any atom is 0.237 e. The topological polar surface area (TPSA) is 64.3 Å². The van der Waals surface area contributed by atoms with Crippen LogP contribution < -0.4 is 11.1 Å². The van der Waals surface area contributed by atoms with Gasteiger partial charge in [-0.25, -0.2) is 0 Å². The van der Waals surface area contributed by atoms with E-state index in [-0.39, 0.29) is 11.8 Å². The fourth-order valence-corrected chi connectivity index (χ4v) is 1.15. The molecule has 0 aliphatic carbocycles. The van der Waals surface area contributed by atoms with Gasteiger partial charge < -0.3 is 15.8 Å². The second kappa shape index (κ2) is 9.60. The first kappa shape index (κ1) is 15.4. The maximum absolute atomic E-state index is 11.4. The standard InChI is InChI=1S/C12H26N2O2/c1-4-5-8-16-9-6-7-14-12(15)11(13)10(2)3/h10-11H,4-9,13H2,1-3H3,(H,14,15)/t11-/m1/s1. The Bertz CT molecular complexity index is 184. The Kier molecular flexibility index (Phi) is 9.24. The summed E-state index contributed by atoms with van der Waals surface area (Å²) in [6.45, 7) is 8.19. The van der Waals surface area contributed by atoms with E-state index < -0.39 is 6.04 Å². The van der Waals surface area contributed by atoms with Crippen molar-refractivity contribution in [1.29, 1.82) is 0 Å². The van der Waals surface area contributed by atoms with Gasteiger partial charge in [0.15, 0.2) is 0 Å². The van der Waals surface area contributed by atoms with E-state index in [2.05, 4.69) is 12.2 Å². The second-order valence-corrected chi connectivity index (χ2v) is 4.38. The molecule has 0 unspecified atom stereocenters. The molecule has 0 aromatic carbocycles. The summed E-state index contributed by atoms with van der Waals surface area (Å²) in [4.78, 5) is 11.4. The zero-order valence-corrected chi connectivity index (χ0v) is 10.8. The quantitative estimate of drug-likeness (QED) is 0.587. The third-order valence-corrected chi connectivity index (χ3v) is 2.43. The fraction of sp³-hybridized carbons (Fsp3) is 0.917. The third-order valence-electron chi connectivity index (χ3n) is 2.43. The maximum atomic E-state index is 11.4. The van der Waals surface area contributed by atoms with Crippen LogP contribution in [-0.4, -0.2) is 31.7 Å². The van der Waals surface area contributed by atoms with Crippen LogP contribution in [0.4, 0.5) is 0 Å². The Morgan fingerprint density at radius 1 is 1.31 bits per heavy atom. The van der Waals surface area contributed by atoms with Crippen molar-refractivity contribution in [2.45, 2.75) is 46.1 Å². The number of carbonyl (C=O) groups excluding carboxylic acids is 1. The van der Waals surface area contributed by atoms with Crippen LogP contribution in [0.15, 0.2) is 0 Å². The van der Waals surface area contributed by atoms with Gasteiger partial charge in [-0.15, -0.1) is 0 Å². The molecule has 0 aliphatic rings. The van der Waals surface area contributed by atoms with Crippen molar-refractivity contribution in [3.63, 3.8) is 0 Å². The van der Waals surface area contributed by atoms with E-state index >= 15 is 0 Å². The minimum atomic E-state index is -0.402. The van der Waals surface area contributed by atoms with E-state index in [1.807, 2.05) is 13.8 Å². The number of nitrogens with two attached hydrogens (primary N) is 1. The summed E-state index contributed by atoms with van der Waals surface area (Å²) in [6, 6.07) is -0.402. The highest BCUT2D eigenvalue weighted by Crippen LogP contribution is 1.97. The molecule has 16 heavy (non-hydrogen) atoms. The first-order valence-electron chi connectivity index (χ1n) is 6.20. The molecule has 4 nitrogen and oxygen atoms in total. The Balaban J connectivity index is 3.34. The van der Waals surface area contributed by atoms with Gasteiger partial charge in [0.2, 0.25) is 5.91 Å². The zero-order valence-electron chi connectivity index (χ0n) is 10.8. The van der Waals surface area contributed by atoms with E-state index in [0.717, 1.165) is 25.9 Å². The summed E-state index contributed by atoms with van der Waals surface area (Å²) < 4.78 is 5.38. The summed E-state index contributed by atoms with van der Waals surface area (Å²) in [5.41, 5.74) is 5.70. The highest BCUT2D eigenvalue weighted by molar-refractivity contribution is 5.81. The minimum Gasteiger partial charge on any atom is -0.381 e. The summed E-state index contributed by atoms with van der Waals surface area (Å²) in [7, 11) is 0. The van der Waals surface area contributed by atoms with Crippen LogP contribution in [0.25, 0.3) is 0 Å². The average molecular weight is 230 g/mol. The lowest BCUT2D eigenvalue weighted by atomic mass is 10.1. The van der Waals surface area contributed by atoms with Gasteiger partial charge in [-0.1, -0.05) is 27.2 Å². The second-order valence-electron chi connectivity index (χ2n) is 4.38. The number of ether oxygens (including phenoxy) is 1. The van der Waals surface area contributed by atoms with Crippen molar-refractivity contribution >= 4 is 5.91 Å². The van der Waals surface area contributed by atoms with Crippen LogP contribution in [0.5, 0.6) is 0 Å². The minimum absolute atomic E-state index is 0.0661. The fourth-order valence-electron chi connectivity index (χ4n) is 1.15. The zero-order chi connectivity index (χ0) is 12.4. The first-order valence-corrected chi connectivity index (χ1v) is 6.20. The molecule has 0 bridgehead atoms. The summed E-state index contributed by atoms with van der Waals surface area (Å²) >= 11 is 0. The number of nitrogens with one attached hydrogen (secondary N) is 1. The number of rotatable bonds is 9. The SMILES string of the molecule is CCCCOCCCNC(=O)[C@H](N)C(C)C. The van der Waals surface area contributed by atoms with Gasteiger partial charge >= 0.3 is 0 Å². The van der Waals surface area contributed by atoms with Gasteiger partial charge in [0.05, 0.1) is 6.04 Å². The predicted molar refractivity (Wildman–Crippen MR) is 66.2 cm³/mol. The molecule has 0 fully saturated rings. The summed E-state index contributed by atoms with van der Waals surface area (Å²) in [6.07, 6.45) is 3.10. The molecule has 0 saturated carbocycles. The molecule has 0 aliphatic heterocycles. The Morgan fingerprint density at radius 3 is 2.50 bits per heavy atom. The van der Waals surface area contributed by atoms with Gasteiger partial charge in [-0.3, -0.25) is 4.79 Å². The van der Waals surface area contributed by atoms with Crippen molar-refractivity contribution in [3.05, 3.63) is 0 Å². The molecule has 1 amide bonds. The van der Waals surface area contributed by atoms with Crippen molar-refractivity contribution in [3.8, 4) is 0 Å². The molecule has 4 heteroatoms. The first-order chi connectivity index (χ1) is 7.59. The van der Waals surface area contributed by atoms with Gasteiger partial charge in [0, 0.05) is 19.8 Å². The molecule has 0 heterocycles. The molecule has 3 N–H and O–H groups in total. The lowest BCUT2D eigenvalue weighted by Gasteiger charge is -2.15. The third kappa shape index (κ3) is 7.65. The Labute approximate surface area is 98.9 Å². The van der Waals surface area contributed by atoms with Crippen LogP contribution in [0.2, 0.25) is 0 Å². The normalized spacial score (nSPS) is 12.8. The van der Waals surface area contributed by atoms with Crippen LogP contribution in [-0.2, 0) is 9.53 Å². The highest BCUT2D eigenvalue weighted by Gasteiger charge is 2.15. The number of amides is 1. The van der Waals surface area contributed by atoms with Gasteiger partial charge in [-0.05, 0) is 18.8 Å². The Morgan fingerprint density at radius 2 is 1.94 bits per heavy atom. The van der Waals surface area contributed by atoms with E-state index in [0.29, 0.717) is 13.2 Å². The molecule has 0 aromatic heterocycles. The number of unbranched alkanes of at least 4 members (excludes halogenated alkanes) is 1. The van der Waals surface area contributed by atoms with E-state index in [1.54, 1.807) is 0 Å². The lowest BCUT2D eigenvalue weighted by molar-refractivity contribution is -0.123. The number of hydrogen-bond acceptors (Lipinski definition) is 3. The number of hydrogen-bond donors (Lipinski definition) is 2. The molecule has 0 saturated heterocycles. The summed E-state index contributed by atoms with van der Waals surface area (Å²) in [5.74, 6) is 0.115. The molecule has 1 atom stereocenters. The van der Waals surface area contributed by atoms with Crippen LogP contribution in [0, 0.1) is 5.92 Å². The monoisotopic (exact) mass is 230 g/mol. The largest absolute Gasteiger partial charge is 0.381 e. The van der Waals surface area contributed by atoms with E-state index in [1.165, 1.54) is 0 Å². The highest BCUT2D eigenvalue weighted by atomic mass is 16.5. The van der Waals surface area contributed by atoms with Gasteiger partial charge in [0.25, 0.3) is 0 Å². The number of carbonyl (C=O) groups is 1. The van der Waals surface area contributed by atoms with Gasteiger partial charge in [-0.2, -0.15) is 0 Å². The van der Waals surface area contributed by atoms with Crippen molar-refractivity contribution in [2.75, 3.05) is 19.8 Å². The van der Waals surface area contributed by atoms with Gasteiger partial charge in [0.1, 0.15) is 0 Å². The van der Waals surface area contributed by atoms with Crippen LogP contribution in [0.3, 0.4) is 0 Å². The average Bonchev–Trinajstić information content (AvgIpc) is 2.26. The molecular weight excluding hydrogens is 204 g/mol. The molecule has 0 rings (SSSR count). The van der Waals surface area contributed by atoms with Crippen LogP contribution in [0.1, 0.15) is 40.0 Å². The van der Waals surface area contributed by atoms with Crippen molar-refractivity contribution in [1.82, 2.24) is 5.32 Å². The Hall–Kier alpha value is -0.610. The van der Waals surface area contributed by atoms with Crippen molar-refractivity contribution in [2.24, 2.45) is 11.7 Å². The lowest BCUT2D eigenvalue weighted by Crippen LogP contribution is -2.44. The van der Waals surface area contributed by atoms with Crippen molar-refractivity contribution < 1.29 is 9.53 Å². The predicted octanol–water partition coefficient (Wildman–Crippen LogP) is 1.29. The smallest absolute Gasteiger partial charge is 0.237 e. The summed E-state index contributed by atoms with van der Waals surface area (Å²) in [5, 5.41) is 2.81. The molecule has 0 spiro atoms. The molecular formula is C12H26N2O2. The molecule has 96 valence electrons. The van der Waals surface area contributed by atoms with E-state index in [9.17, 15) is 4.79 Å². The van der Waals surface area contributed by atoms with Crippen LogP contribution >= 0.6 is 0 Å². The molecule has 0 radical (unpaired) electrons.